The zero-order chi connectivity index (χ0) is 22.6. The van der Waals surface area contributed by atoms with Crippen LogP contribution in [0.15, 0.2) is 48.5 Å². The Morgan fingerprint density at radius 3 is 2.25 bits per heavy atom. The van der Waals surface area contributed by atoms with Crippen LogP contribution in [0.2, 0.25) is 0 Å². The van der Waals surface area contributed by atoms with Crippen molar-refractivity contribution in [2.75, 3.05) is 13.2 Å². The van der Waals surface area contributed by atoms with E-state index in [1.54, 1.807) is 12.1 Å². The third-order valence-corrected chi connectivity index (χ3v) is 5.58. The van der Waals surface area contributed by atoms with Gasteiger partial charge in [-0.3, -0.25) is 0 Å². The van der Waals surface area contributed by atoms with Crippen molar-refractivity contribution in [2.45, 2.75) is 63.6 Å². The molecule has 2 aromatic carbocycles. The first-order valence-corrected chi connectivity index (χ1v) is 10.9. The summed E-state index contributed by atoms with van der Waals surface area (Å²) in [5.74, 6) is 0.579. The maximum atomic E-state index is 12.3. The fourth-order valence-corrected chi connectivity index (χ4v) is 3.91. The molecule has 0 unspecified atom stereocenters. The van der Waals surface area contributed by atoms with E-state index in [0.717, 1.165) is 36.1 Å². The summed E-state index contributed by atoms with van der Waals surface area (Å²) in [6, 6.07) is 13.5. The molecule has 0 radical (unpaired) electrons. The molecule has 0 bridgehead atoms. The standard InChI is InChI=1S/C24H27F3O5/c1-2-3-14-28-18-8-6-17(7-9-18)23-29-15-22-21(31-23)13-12-20(30-22)16-4-10-19(11-5-16)32-24(25,26)27/h4-11,20-23H,2-3,12-15H2,1H3/t20-,21+,22-,23-/m1/s1. The lowest BCUT2D eigenvalue weighted by molar-refractivity contribution is -0.289. The van der Waals surface area contributed by atoms with Crippen LogP contribution in [-0.2, 0) is 14.2 Å². The summed E-state index contributed by atoms with van der Waals surface area (Å²) in [6.45, 7) is 3.21. The average Bonchev–Trinajstić information content (AvgIpc) is 2.78. The first-order chi connectivity index (χ1) is 15.4. The molecule has 5 nitrogen and oxygen atoms in total. The molecule has 2 aliphatic heterocycles. The summed E-state index contributed by atoms with van der Waals surface area (Å²) in [5.41, 5.74) is 1.73. The van der Waals surface area contributed by atoms with Gasteiger partial charge in [0.15, 0.2) is 6.29 Å². The predicted molar refractivity (Wildman–Crippen MR) is 110 cm³/mol. The van der Waals surface area contributed by atoms with Crippen molar-refractivity contribution in [2.24, 2.45) is 0 Å². The number of ether oxygens (including phenoxy) is 5. The predicted octanol–water partition coefficient (Wildman–Crippen LogP) is 6.10. The number of fused-ring (bicyclic) bond motifs is 1. The summed E-state index contributed by atoms with van der Waals surface area (Å²) in [4.78, 5) is 0. The van der Waals surface area contributed by atoms with Crippen molar-refractivity contribution in [3.05, 3.63) is 59.7 Å². The number of unbranched alkanes of at least 4 members (excludes halogenated alkanes) is 1. The Balaban J connectivity index is 1.30. The molecule has 0 aromatic heterocycles. The molecule has 0 aliphatic carbocycles. The van der Waals surface area contributed by atoms with Crippen molar-refractivity contribution in [3.8, 4) is 11.5 Å². The lowest BCUT2D eigenvalue weighted by Crippen LogP contribution is -2.45. The van der Waals surface area contributed by atoms with Crippen LogP contribution < -0.4 is 9.47 Å². The Bertz CT molecular complexity index is 853. The molecule has 174 valence electrons. The number of benzene rings is 2. The second kappa shape index (κ2) is 10.1. The quantitative estimate of drug-likeness (QED) is 0.475. The van der Waals surface area contributed by atoms with Gasteiger partial charge in [-0.2, -0.15) is 0 Å². The highest BCUT2D eigenvalue weighted by atomic mass is 19.4. The van der Waals surface area contributed by atoms with Crippen LogP contribution in [0.5, 0.6) is 11.5 Å². The maximum absolute atomic E-state index is 12.3. The van der Waals surface area contributed by atoms with Gasteiger partial charge in [0, 0.05) is 5.56 Å². The topological polar surface area (TPSA) is 46.2 Å². The average molecular weight is 452 g/mol. The van der Waals surface area contributed by atoms with E-state index in [9.17, 15) is 13.2 Å². The van der Waals surface area contributed by atoms with Gasteiger partial charge in [-0.25, -0.2) is 0 Å². The Morgan fingerprint density at radius 1 is 0.875 bits per heavy atom. The SMILES string of the molecule is CCCCOc1ccc([C@@H]2OC[C@H]3O[C@@H](c4ccc(OC(F)(F)F)cc4)CC[C@@H]3O2)cc1. The van der Waals surface area contributed by atoms with Crippen molar-refractivity contribution in [3.63, 3.8) is 0 Å². The molecule has 2 aromatic rings. The minimum Gasteiger partial charge on any atom is -0.494 e. The Morgan fingerprint density at radius 2 is 1.56 bits per heavy atom. The zero-order valence-electron chi connectivity index (χ0n) is 17.8. The summed E-state index contributed by atoms with van der Waals surface area (Å²) >= 11 is 0. The van der Waals surface area contributed by atoms with E-state index in [2.05, 4.69) is 11.7 Å². The molecule has 32 heavy (non-hydrogen) atoms. The molecular formula is C24H27F3O5. The third kappa shape index (κ3) is 5.94. The lowest BCUT2D eigenvalue weighted by atomic mass is 9.95. The molecule has 2 saturated heterocycles. The van der Waals surface area contributed by atoms with Crippen LogP contribution in [0.3, 0.4) is 0 Å². The van der Waals surface area contributed by atoms with Gasteiger partial charge < -0.3 is 23.7 Å². The van der Waals surface area contributed by atoms with Gasteiger partial charge in [0.1, 0.15) is 17.6 Å². The monoisotopic (exact) mass is 452 g/mol. The van der Waals surface area contributed by atoms with Crippen LogP contribution >= 0.6 is 0 Å². The molecule has 2 aliphatic rings. The summed E-state index contributed by atoms with van der Waals surface area (Å²) in [5, 5.41) is 0. The minimum atomic E-state index is -4.70. The highest BCUT2D eigenvalue weighted by Gasteiger charge is 2.39. The fraction of sp³-hybridized carbons (Fsp3) is 0.500. The van der Waals surface area contributed by atoms with Crippen molar-refractivity contribution in [1.82, 2.24) is 0 Å². The van der Waals surface area contributed by atoms with Crippen LogP contribution in [0.25, 0.3) is 0 Å². The number of hydrogen-bond donors (Lipinski definition) is 0. The molecule has 0 amide bonds. The van der Waals surface area contributed by atoms with Crippen molar-refractivity contribution >= 4 is 0 Å². The first-order valence-electron chi connectivity index (χ1n) is 10.9. The number of halogens is 3. The van der Waals surface area contributed by atoms with Gasteiger partial charge >= 0.3 is 6.36 Å². The molecular weight excluding hydrogens is 425 g/mol. The summed E-state index contributed by atoms with van der Waals surface area (Å²) in [7, 11) is 0. The van der Waals surface area contributed by atoms with E-state index >= 15 is 0 Å². The van der Waals surface area contributed by atoms with Gasteiger partial charge in [0.05, 0.1) is 25.4 Å². The maximum Gasteiger partial charge on any atom is 0.573 e. The molecule has 2 heterocycles. The molecule has 4 atom stereocenters. The van der Waals surface area contributed by atoms with E-state index in [0.29, 0.717) is 19.6 Å². The molecule has 4 rings (SSSR count). The third-order valence-electron chi connectivity index (χ3n) is 5.58. The molecule has 8 heteroatoms. The largest absolute Gasteiger partial charge is 0.573 e. The summed E-state index contributed by atoms with van der Waals surface area (Å²) in [6.07, 6.45) is -2.13. The Kier molecular flexibility index (Phi) is 7.23. The highest BCUT2D eigenvalue weighted by Crippen LogP contribution is 2.39. The van der Waals surface area contributed by atoms with E-state index in [4.69, 9.17) is 18.9 Å². The second-order valence-electron chi connectivity index (χ2n) is 7.97. The molecule has 0 N–H and O–H groups in total. The number of hydrogen-bond acceptors (Lipinski definition) is 5. The summed E-state index contributed by atoms with van der Waals surface area (Å²) < 4.78 is 64.8. The highest BCUT2D eigenvalue weighted by molar-refractivity contribution is 5.30. The Labute approximate surface area is 185 Å². The van der Waals surface area contributed by atoms with Gasteiger partial charge in [-0.1, -0.05) is 37.6 Å². The fourth-order valence-electron chi connectivity index (χ4n) is 3.91. The molecule has 0 spiro atoms. The van der Waals surface area contributed by atoms with Crippen molar-refractivity contribution in [1.29, 1.82) is 0 Å². The lowest BCUT2D eigenvalue weighted by Gasteiger charge is -2.42. The minimum absolute atomic E-state index is 0.0988. The molecule has 2 fully saturated rings. The van der Waals surface area contributed by atoms with Gasteiger partial charge in [0.25, 0.3) is 0 Å². The normalized spacial score (nSPS) is 25.8. The van der Waals surface area contributed by atoms with Gasteiger partial charge in [0.2, 0.25) is 0 Å². The van der Waals surface area contributed by atoms with Crippen LogP contribution in [0, 0.1) is 0 Å². The van der Waals surface area contributed by atoms with E-state index in [1.165, 1.54) is 12.1 Å². The van der Waals surface area contributed by atoms with E-state index < -0.39 is 12.7 Å². The van der Waals surface area contributed by atoms with E-state index in [-0.39, 0.29) is 24.1 Å². The van der Waals surface area contributed by atoms with Gasteiger partial charge in [-0.05, 0) is 49.1 Å². The zero-order valence-corrected chi connectivity index (χ0v) is 17.8. The number of rotatable bonds is 7. The molecule has 0 saturated carbocycles. The smallest absolute Gasteiger partial charge is 0.494 e. The van der Waals surface area contributed by atoms with Crippen LogP contribution in [-0.4, -0.2) is 31.8 Å². The van der Waals surface area contributed by atoms with Crippen LogP contribution in [0.4, 0.5) is 13.2 Å². The van der Waals surface area contributed by atoms with Crippen molar-refractivity contribution < 1.29 is 36.9 Å². The van der Waals surface area contributed by atoms with Crippen LogP contribution in [0.1, 0.15) is 56.1 Å². The van der Waals surface area contributed by atoms with E-state index in [1.807, 2.05) is 24.3 Å². The second-order valence-corrected chi connectivity index (χ2v) is 7.97. The Hall–Kier alpha value is -2.29. The number of alkyl halides is 3. The van der Waals surface area contributed by atoms with Gasteiger partial charge in [-0.15, -0.1) is 13.2 Å². The first kappa shape index (κ1) is 22.9.